The molecule has 0 aromatic heterocycles. The van der Waals surface area contributed by atoms with E-state index in [1.807, 2.05) is 0 Å². The van der Waals surface area contributed by atoms with E-state index in [4.69, 9.17) is 4.74 Å². The summed E-state index contributed by atoms with van der Waals surface area (Å²) >= 11 is 0. The molecule has 1 rings (SSSR count). The van der Waals surface area contributed by atoms with Gasteiger partial charge in [-0.15, -0.1) is 0 Å². The maximum absolute atomic E-state index is 11.7. The van der Waals surface area contributed by atoms with Crippen molar-refractivity contribution in [2.24, 2.45) is 0 Å². The number of esters is 1. The predicted molar refractivity (Wildman–Crippen MR) is 78.7 cm³/mol. The smallest absolute Gasteiger partial charge is 0.307 e. The normalized spacial score (nSPS) is 9.81. The number of benzene rings is 1. The molecule has 6 heteroatoms. The minimum atomic E-state index is -0.322. The summed E-state index contributed by atoms with van der Waals surface area (Å²) in [6.45, 7) is 3.78. The van der Waals surface area contributed by atoms with Gasteiger partial charge in [-0.3, -0.25) is 14.4 Å². The number of carbonyl (C=O) groups is 3. The molecule has 0 saturated carbocycles. The largest absolute Gasteiger partial charge is 0.466 e. The molecule has 0 saturated heterocycles. The average Bonchev–Trinajstić information content (AvgIpc) is 2.40. The van der Waals surface area contributed by atoms with Gasteiger partial charge in [-0.25, -0.2) is 0 Å². The fraction of sp³-hybridized carbons (Fsp3) is 0.400. The van der Waals surface area contributed by atoms with Crippen molar-refractivity contribution in [1.29, 1.82) is 0 Å². The molecular formula is C15H20N2O4. The Morgan fingerprint density at radius 1 is 1.14 bits per heavy atom. The van der Waals surface area contributed by atoms with Crippen LogP contribution < -0.4 is 10.6 Å². The zero-order valence-electron chi connectivity index (χ0n) is 12.3. The van der Waals surface area contributed by atoms with Crippen LogP contribution in [0.25, 0.3) is 0 Å². The van der Waals surface area contributed by atoms with Gasteiger partial charge < -0.3 is 15.4 Å². The van der Waals surface area contributed by atoms with Crippen LogP contribution in [-0.4, -0.2) is 30.9 Å². The molecule has 0 spiro atoms. The lowest BCUT2D eigenvalue weighted by molar-refractivity contribution is -0.143. The van der Waals surface area contributed by atoms with Gasteiger partial charge in [-0.05, 0) is 24.6 Å². The van der Waals surface area contributed by atoms with E-state index in [1.165, 1.54) is 6.92 Å². The van der Waals surface area contributed by atoms with Crippen molar-refractivity contribution in [2.45, 2.75) is 26.7 Å². The maximum atomic E-state index is 11.7. The molecule has 1 aromatic carbocycles. The number of hydrogen-bond donors (Lipinski definition) is 2. The summed E-state index contributed by atoms with van der Waals surface area (Å²) in [4.78, 5) is 33.7. The van der Waals surface area contributed by atoms with Crippen molar-refractivity contribution in [3.63, 3.8) is 0 Å². The zero-order valence-corrected chi connectivity index (χ0v) is 12.3. The third kappa shape index (κ3) is 7.10. The Labute approximate surface area is 123 Å². The van der Waals surface area contributed by atoms with E-state index in [-0.39, 0.29) is 37.2 Å². The summed E-state index contributed by atoms with van der Waals surface area (Å²) in [5.41, 5.74) is 1.52. The van der Waals surface area contributed by atoms with Crippen molar-refractivity contribution in [1.82, 2.24) is 5.32 Å². The van der Waals surface area contributed by atoms with Crippen molar-refractivity contribution in [3.8, 4) is 0 Å². The Hall–Kier alpha value is -2.37. The second-order valence-electron chi connectivity index (χ2n) is 4.46. The summed E-state index contributed by atoms with van der Waals surface area (Å²) < 4.78 is 4.76. The van der Waals surface area contributed by atoms with Gasteiger partial charge in [0, 0.05) is 19.2 Å². The quantitative estimate of drug-likeness (QED) is 0.741. The number of amides is 2. The fourth-order valence-corrected chi connectivity index (χ4v) is 1.69. The van der Waals surface area contributed by atoms with E-state index >= 15 is 0 Å². The lowest BCUT2D eigenvalue weighted by atomic mass is 10.1. The third-order valence-corrected chi connectivity index (χ3v) is 2.60. The van der Waals surface area contributed by atoms with Crippen LogP contribution in [-0.2, 0) is 25.5 Å². The Morgan fingerprint density at radius 3 is 2.38 bits per heavy atom. The molecule has 0 fully saturated rings. The van der Waals surface area contributed by atoms with Crippen LogP contribution >= 0.6 is 0 Å². The van der Waals surface area contributed by atoms with Crippen molar-refractivity contribution >= 4 is 23.5 Å². The number of hydrogen-bond acceptors (Lipinski definition) is 4. The van der Waals surface area contributed by atoms with Crippen LogP contribution in [0.1, 0.15) is 25.8 Å². The van der Waals surface area contributed by atoms with E-state index in [0.717, 1.165) is 5.56 Å². The minimum Gasteiger partial charge on any atom is -0.466 e. The number of carbonyl (C=O) groups excluding carboxylic acids is 3. The van der Waals surface area contributed by atoms with Gasteiger partial charge in [0.05, 0.1) is 19.4 Å². The Balaban J connectivity index is 2.34. The molecule has 0 atom stereocenters. The molecule has 0 unspecified atom stereocenters. The first-order chi connectivity index (χ1) is 10.0. The average molecular weight is 292 g/mol. The molecule has 1 aromatic rings. The van der Waals surface area contributed by atoms with Gasteiger partial charge in [0.25, 0.3) is 0 Å². The molecule has 0 radical (unpaired) electrons. The summed E-state index contributed by atoms with van der Waals surface area (Å²) in [6, 6.07) is 7.03. The first-order valence-corrected chi connectivity index (χ1v) is 6.80. The van der Waals surface area contributed by atoms with Crippen LogP contribution in [0.2, 0.25) is 0 Å². The van der Waals surface area contributed by atoms with Crippen molar-refractivity contribution < 1.29 is 19.1 Å². The highest BCUT2D eigenvalue weighted by Crippen LogP contribution is 2.09. The van der Waals surface area contributed by atoms with Crippen molar-refractivity contribution in [3.05, 3.63) is 29.8 Å². The summed E-state index contributed by atoms with van der Waals surface area (Å²) in [5.74, 6) is -0.622. The molecule has 2 amide bonds. The molecule has 21 heavy (non-hydrogen) atoms. The van der Waals surface area contributed by atoms with Crippen LogP contribution in [0.3, 0.4) is 0 Å². The van der Waals surface area contributed by atoms with Gasteiger partial charge in [0.1, 0.15) is 0 Å². The lowest BCUT2D eigenvalue weighted by Crippen LogP contribution is -2.27. The summed E-state index contributed by atoms with van der Waals surface area (Å²) in [5, 5.41) is 5.31. The topological polar surface area (TPSA) is 84.5 Å². The summed E-state index contributed by atoms with van der Waals surface area (Å²) in [6.07, 6.45) is 0.393. The van der Waals surface area contributed by atoms with Gasteiger partial charge in [-0.1, -0.05) is 12.1 Å². The second kappa shape index (κ2) is 8.73. The lowest BCUT2D eigenvalue weighted by Gasteiger charge is -2.06. The minimum absolute atomic E-state index is 0.139. The number of rotatable bonds is 7. The van der Waals surface area contributed by atoms with E-state index < -0.39 is 0 Å². The van der Waals surface area contributed by atoms with Gasteiger partial charge >= 0.3 is 5.97 Å². The van der Waals surface area contributed by atoms with Crippen molar-refractivity contribution in [2.75, 3.05) is 18.5 Å². The molecule has 2 N–H and O–H groups in total. The Bertz CT molecular complexity index is 497. The van der Waals surface area contributed by atoms with Gasteiger partial charge in [0.15, 0.2) is 0 Å². The van der Waals surface area contributed by atoms with Crippen LogP contribution in [0.15, 0.2) is 24.3 Å². The monoisotopic (exact) mass is 292 g/mol. The third-order valence-electron chi connectivity index (χ3n) is 2.60. The van der Waals surface area contributed by atoms with Gasteiger partial charge in [0.2, 0.25) is 11.8 Å². The fourth-order valence-electron chi connectivity index (χ4n) is 1.69. The molecule has 0 aliphatic carbocycles. The first kappa shape index (κ1) is 16.7. The zero-order chi connectivity index (χ0) is 15.7. The first-order valence-electron chi connectivity index (χ1n) is 6.80. The van der Waals surface area contributed by atoms with Crippen LogP contribution in [0, 0.1) is 0 Å². The van der Waals surface area contributed by atoms with E-state index in [2.05, 4.69) is 10.6 Å². The Morgan fingerprint density at radius 2 is 1.81 bits per heavy atom. The molecule has 0 heterocycles. The molecule has 0 aliphatic rings. The maximum Gasteiger partial charge on any atom is 0.307 e. The van der Waals surface area contributed by atoms with Gasteiger partial charge in [-0.2, -0.15) is 0 Å². The molecule has 114 valence electrons. The molecular weight excluding hydrogens is 272 g/mol. The number of nitrogens with one attached hydrogen (secondary N) is 2. The highest BCUT2D eigenvalue weighted by molar-refractivity contribution is 5.88. The highest BCUT2D eigenvalue weighted by atomic mass is 16.5. The van der Waals surface area contributed by atoms with E-state index in [0.29, 0.717) is 12.3 Å². The number of anilines is 1. The molecule has 0 bridgehead atoms. The summed E-state index contributed by atoms with van der Waals surface area (Å²) in [7, 11) is 0. The van der Waals surface area contributed by atoms with E-state index in [1.54, 1.807) is 31.2 Å². The molecule has 0 aliphatic heterocycles. The molecule has 6 nitrogen and oxygen atoms in total. The van der Waals surface area contributed by atoms with Crippen LogP contribution in [0.4, 0.5) is 5.69 Å². The van der Waals surface area contributed by atoms with Crippen LogP contribution in [0.5, 0.6) is 0 Å². The SMILES string of the molecule is CCOC(=O)CCNC(=O)Cc1ccc(NC(C)=O)cc1. The number of ether oxygens (including phenoxy) is 1. The standard InChI is InChI=1S/C15H20N2O4/c1-3-21-15(20)8-9-16-14(19)10-12-4-6-13(7-5-12)17-11(2)18/h4-7H,3,8-10H2,1-2H3,(H,16,19)(H,17,18). The Kier molecular flexibility index (Phi) is 6.94. The highest BCUT2D eigenvalue weighted by Gasteiger charge is 2.06. The predicted octanol–water partition coefficient (Wildman–Crippen LogP) is 1.26. The van der Waals surface area contributed by atoms with E-state index in [9.17, 15) is 14.4 Å². The second-order valence-corrected chi connectivity index (χ2v) is 4.46.